The molecule has 0 radical (unpaired) electrons. The van der Waals surface area contributed by atoms with Crippen molar-refractivity contribution < 1.29 is 27.8 Å². The van der Waals surface area contributed by atoms with E-state index in [0.717, 1.165) is 6.26 Å². The molecule has 0 unspecified atom stereocenters. The van der Waals surface area contributed by atoms with E-state index >= 15 is 0 Å². The van der Waals surface area contributed by atoms with Crippen molar-refractivity contribution in [3.05, 3.63) is 59.3 Å². The van der Waals surface area contributed by atoms with Crippen LogP contribution in [0.5, 0.6) is 11.6 Å². The number of aromatic hydroxyl groups is 1. The van der Waals surface area contributed by atoms with Crippen LogP contribution in [0.2, 0.25) is 0 Å². The van der Waals surface area contributed by atoms with Gasteiger partial charge in [0.05, 0.1) is 18.4 Å². The zero-order chi connectivity index (χ0) is 22.8. The first-order valence-corrected chi connectivity index (χ1v) is 11.4. The maximum Gasteiger partial charge on any atom is 0.217 e. The Morgan fingerprint density at radius 3 is 2.39 bits per heavy atom. The molecule has 0 atom stereocenters. The number of hydrogen-bond acceptors (Lipinski definition) is 7. The van der Waals surface area contributed by atoms with Gasteiger partial charge in [0.15, 0.2) is 15.6 Å². The Labute approximate surface area is 181 Å². The number of ether oxygens (including phenoxy) is 2. The quantitative estimate of drug-likeness (QED) is 0.420. The van der Waals surface area contributed by atoms with Crippen LogP contribution in [-0.2, 0) is 21.6 Å². The molecular weight excluding hydrogens is 420 g/mol. The number of hydrogen-bond donors (Lipinski definition) is 1. The van der Waals surface area contributed by atoms with Gasteiger partial charge in [-0.25, -0.2) is 13.1 Å². The Morgan fingerprint density at radius 2 is 1.84 bits per heavy atom. The maximum absolute atomic E-state index is 13.3. The van der Waals surface area contributed by atoms with E-state index in [0.29, 0.717) is 11.1 Å². The number of sulfone groups is 1. The molecular formula is C22H24N2O6S. The van der Waals surface area contributed by atoms with Gasteiger partial charge in [0.1, 0.15) is 17.3 Å². The van der Waals surface area contributed by atoms with Gasteiger partial charge >= 0.3 is 0 Å². The van der Waals surface area contributed by atoms with Crippen LogP contribution in [0.25, 0.3) is 11.1 Å². The summed E-state index contributed by atoms with van der Waals surface area (Å²) in [4.78, 5) is 13.2. The molecule has 0 amide bonds. The summed E-state index contributed by atoms with van der Waals surface area (Å²) in [7, 11) is -0.783. The standard InChI is InChI=1S/C22H24N2O6S/c1-14-16(19(25)15-8-6-5-7-9-15)12-17(18-13-23-24(2)22(18)26)21(31(4,27)28)20(14)30-11-10-29-3/h5-9,12-13,26H,10-11H2,1-4H3. The minimum absolute atomic E-state index is 0.0552. The zero-order valence-electron chi connectivity index (χ0n) is 17.7. The number of carbonyl (C=O) groups excluding carboxylic acids is 1. The fourth-order valence-corrected chi connectivity index (χ4v) is 4.42. The Kier molecular flexibility index (Phi) is 6.47. The molecule has 0 aliphatic carbocycles. The van der Waals surface area contributed by atoms with E-state index < -0.39 is 9.84 Å². The monoisotopic (exact) mass is 444 g/mol. The number of nitrogens with zero attached hydrogens (tertiary/aromatic N) is 2. The Morgan fingerprint density at radius 1 is 1.16 bits per heavy atom. The van der Waals surface area contributed by atoms with Crippen LogP contribution in [0.1, 0.15) is 21.5 Å². The highest BCUT2D eigenvalue weighted by Crippen LogP contribution is 2.42. The van der Waals surface area contributed by atoms with Crippen molar-refractivity contribution in [3.63, 3.8) is 0 Å². The molecule has 0 bridgehead atoms. The summed E-state index contributed by atoms with van der Waals surface area (Å²) in [5.74, 6) is -0.464. The van der Waals surface area contributed by atoms with Gasteiger partial charge in [0.25, 0.3) is 0 Å². The molecule has 0 spiro atoms. The summed E-state index contributed by atoms with van der Waals surface area (Å²) in [5.41, 5.74) is 1.43. The largest absolute Gasteiger partial charge is 0.493 e. The summed E-state index contributed by atoms with van der Waals surface area (Å²) in [6.45, 7) is 1.95. The second kappa shape index (κ2) is 8.91. The highest BCUT2D eigenvalue weighted by molar-refractivity contribution is 7.91. The second-order valence-corrected chi connectivity index (χ2v) is 9.02. The molecule has 8 nitrogen and oxygen atoms in total. The third-order valence-corrected chi connectivity index (χ3v) is 6.01. The van der Waals surface area contributed by atoms with Gasteiger partial charge in [-0.2, -0.15) is 5.10 Å². The molecule has 164 valence electrons. The molecule has 1 aromatic heterocycles. The molecule has 1 N–H and O–H groups in total. The van der Waals surface area contributed by atoms with E-state index in [1.165, 1.54) is 31.1 Å². The first-order chi connectivity index (χ1) is 14.7. The van der Waals surface area contributed by atoms with Gasteiger partial charge < -0.3 is 14.6 Å². The van der Waals surface area contributed by atoms with E-state index in [-0.39, 0.29) is 52.2 Å². The molecule has 3 rings (SSSR count). The zero-order valence-corrected chi connectivity index (χ0v) is 18.6. The molecule has 3 aromatic rings. The maximum atomic E-state index is 13.3. The highest BCUT2D eigenvalue weighted by Gasteiger charge is 2.29. The summed E-state index contributed by atoms with van der Waals surface area (Å²) in [5, 5.41) is 14.5. The lowest BCUT2D eigenvalue weighted by Gasteiger charge is -2.19. The van der Waals surface area contributed by atoms with Crippen LogP contribution in [-0.4, -0.2) is 55.7 Å². The van der Waals surface area contributed by atoms with Crippen LogP contribution in [0.3, 0.4) is 0 Å². The van der Waals surface area contributed by atoms with E-state index in [1.54, 1.807) is 37.3 Å². The molecule has 31 heavy (non-hydrogen) atoms. The number of rotatable bonds is 8. The predicted octanol–water partition coefficient (Wildman–Crippen LogP) is 2.76. The smallest absolute Gasteiger partial charge is 0.217 e. The van der Waals surface area contributed by atoms with Gasteiger partial charge in [-0.1, -0.05) is 30.3 Å². The lowest BCUT2D eigenvalue weighted by Crippen LogP contribution is -2.14. The molecule has 0 aliphatic heterocycles. The van der Waals surface area contributed by atoms with Crippen molar-refractivity contribution in [2.45, 2.75) is 11.8 Å². The van der Waals surface area contributed by atoms with Crippen molar-refractivity contribution in [1.82, 2.24) is 9.78 Å². The molecule has 2 aromatic carbocycles. The van der Waals surface area contributed by atoms with Crippen LogP contribution in [0, 0.1) is 6.92 Å². The van der Waals surface area contributed by atoms with Crippen LogP contribution >= 0.6 is 0 Å². The lowest BCUT2D eigenvalue weighted by molar-refractivity contribution is 0.103. The summed E-state index contributed by atoms with van der Waals surface area (Å²) < 4.78 is 37.6. The van der Waals surface area contributed by atoms with Crippen molar-refractivity contribution >= 4 is 15.6 Å². The number of aromatic nitrogens is 2. The number of aryl methyl sites for hydroxylation is 1. The number of carbonyl (C=O) groups is 1. The minimum Gasteiger partial charge on any atom is -0.493 e. The SMILES string of the molecule is COCCOc1c(C)c(C(=O)c2ccccc2)cc(-c2cnn(C)c2O)c1S(C)(=O)=O. The van der Waals surface area contributed by atoms with Crippen LogP contribution in [0.15, 0.2) is 47.5 Å². The summed E-state index contributed by atoms with van der Waals surface area (Å²) >= 11 is 0. The fourth-order valence-electron chi connectivity index (χ4n) is 3.30. The van der Waals surface area contributed by atoms with E-state index in [4.69, 9.17) is 9.47 Å². The van der Waals surface area contributed by atoms with E-state index in [1.807, 2.05) is 0 Å². The molecule has 0 saturated carbocycles. The third-order valence-electron chi connectivity index (χ3n) is 4.87. The minimum atomic E-state index is -3.81. The van der Waals surface area contributed by atoms with Crippen LogP contribution < -0.4 is 4.74 Å². The first-order valence-electron chi connectivity index (χ1n) is 9.47. The topological polar surface area (TPSA) is 108 Å². The average Bonchev–Trinajstić information content (AvgIpc) is 3.07. The molecule has 0 saturated heterocycles. The Bertz CT molecular complexity index is 1220. The van der Waals surface area contributed by atoms with Crippen molar-refractivity contribution in [2.75, 3.05) is 26.6 Å². The van der Waals surface area contributed by atoms with Gasteiger partial charge in [-0.15, -0.1) is 0 Å². The van der Waals surface area contributed by atoms with Crippen LogP contribution in [0.4, 0.5) is 0 Å². The van der Waals surface area contributed by atoms with Gasteiger partial charge in [0, 0.05) is 42.7 Å². The van der Waals surface area contributed by atoms with E-state index in [9.17, 15) is 18.3 Å². The molecule has 9 heteroatoms. The van der Waals surface area contributed by atoms with Crippen molar-refractivity contribution in [3.8, 4) is 22.8 Å². The highest BCUT2D eigenvalue weighted by atomic mass is 32.2. The summed E-state index contributed by atoms with van der Waals surface area (Å²) in [6, 6.07) is 10.1. The summed E-state index contributed by atoms with van der Waals surface area (Å²) in [6.07, 6.45) is 2.41. The predicted molar refractivity (Wildman–Crippen MR) is 115 cm³/mol. The fraction of sp³-hybridized carbons (Fsp3) is 0.273. The Hall–Kier alpha value is -3.17. The lowest BCUT2D eigenvalue weighted by atomic mass is 9.94. The molecule has 1 heterocycles. The normalized spacial score (nSPS) is 11.5. The molecule has 0 fully saturated rings. The van der Waals surface area contributed by atoms with Crippen molar-refractivity contribution in [1.29, 1.82) is 0 Å². The van der Waals surface area contributed by atoms with Crippen molar-refractivity contribution in [2.24, 2.45) is 7.05 Å². The molecule has 0 aliphatic rings. The average molecular weight is 445 g/mol. The van der Waals surface area contributed by atoms with Gasteiger partial charge in [-0.3, -0.25) is 4.79 Å². The van der Waals surface area contributed by atoms with Gasteiger partial charge in [0.2, 0.25) is 5.88 Å². The first kappa shape index (κ1) is 22.5. The third kappa shape index (κ3) is 4.47. The number of ketones is 1. The Balaban J connectivity index is 2.35. The van der Waals surface area contributed by atoms with Gasteiger partial charge in [-0.05, 0) is 13.0 Å². The number of benzene rings is 2. The van der Waals surface area contributed by atoms with E-state index in [2.05, 4.69) is 5.10 Å². The number of methoxy groups -OCH3 is 1. The second-order valence-electron chi connectivity index (χ2n) is 7.07.